The largest absolute Gasteiger partial charge is 0.462 e. The van der Waals surface area contributed by atoms with Crippen molar-refractivity contribution >= 4 is 5.97 Å². The molecule has 3 aromatic rings. The molecule has 0 spiro atoms. The maximum atomic E-state index is 11.5. The molecule has 30 heavy (non-hydrogen) atoms. The van der Waals surface area contributed by atoms with E-state index in [1.54, 1.807) is 6.92 Å². The number of aliphatic hydroxyl groups excluding tert-OH is 1. The zero-order valence-corrected chi connectivity index (χ0v) is 17.7. The molecule has 0 heterocycles. The summed E-state index contributed by atoms with van der Waals surface area (Å²) in [6.07, 6.45) is 1.43. The Hall–Kier alpha value is -3.17. The van der Waals surface area contributed by atoms with Crippen molar-refractivity contribution < 1.29 is 14.6 Å². The van der Waals surface area contributed by atoms with E-state index in [1.165, 1.54) is 22.3 Å². The van der Waals surface area contributed by atoms with Gasteiger partial charge in [-0.05, 0) is 65.6 Å². The molecule has 154 valence electrons. The van der Waals surface area contributed by atoms with E-state index in [0.717, 1.165) is 23.1 Å². The summed E-state index contributed by atoms with van der Waals surface area (Å²) < 4.78 is 5.19. The zero-order valence-electron chi connectivity index (χ0n) is 17.7. The third-order valence-electron chi connectivity index (χ3n) is 5.19. The topological polar surface area (TPSA) is 46.5 Å². The third-order valence-corrected chi connectivity index (χ3v) is 5.19. The van der Waals surface area contributed by atoms with Crippen LogP contribution in [-0.2, 0) is 22.6 Å². The van der Waals surface area contributed by atoms with E-state index in [-0.39, 0.29) is 12.6 Å². The van der Waals surface area contributed by atoms with Gasteiger partial charge in [0.05, 0.1) is 13.2 Å². The first-order valence-corrected chi connectivity index (χ1v) is 10.2. The number of rotatable bonds is 8. The molecule has 1 N–H and O–H groups in total. The minimum atomic E-state index is -0.361. The molecule has 0 aromatic heterocycles. The van der Waals surface area contributed by atoms with Crippen molar-refractivity contribution in [3.63, 3.8) is 0 Å². The number of carbonyl (C=O) groups is 1. The Morgan fingerprint density at radius 2 is 1.67 bits per heavy atom. The zero-order chi connectivity index (χ0) is 21.5. The second kappa shape index (κ2) is 10.0. The van der Waals surface area contributed by atoms with Crippen molar-refractivity contribution in [1.29, 1.82) is 0 Å². The number of ether oxygens (including phenoxy) is 1. The lowest BCUT2D eigenvalue weighted by Gasteiger charge is -2.13. The first kappa shape index (κ1) is 21.5. The van der Waals surface area contributed by atoms with E-state index in [0.29, 0.717) is 18.6 Å². The summed E-state index contributed by atoms with van der Waals surface area (Å²) in [5.74, 6) is -0.361. The fourth-order valence-corrected chi connectivity index (χ4v) is 3.53. The second-order valence-corrected chi connectivity index (χ2v) is 7.56. The van der Waals surface area contributed by atoms with E-state index >= 15 is 0 Å². The summed E-state index contributed by atoms with van der Waals surface area (Å²) >= 11 is 0. The molecule has 3 heteroatoms. The molecule has 0 unspecified atom stereocenters. The highest BCUT2D eigenvalue weighted by Gasteiger charge is 2.09. The van der Waals surface area contributed by atoms with Gasteiger partial charge in [0, 0.05) is 5.57 Å². The Balaban J connectivity index is 1.78. The van der Waals surface area contributed by atoms with Gasteiger partial charge in [-0.1, -0.05) is 73.3 Å². The average Bonchev–Trinajstić information content (AvgIpc) is 2.77. The predicted octanol–water partition coefficient (Wildman–Crippen LogP) is 5.87. The van der Waals surface area contributed by atoms with Crippen LogP contribution in [0.25, 0.3) is 22.3 Å². The maximum Gasteiger partial charge on any atom is 0.333 e. The van der Waals surface area contributed by atoms with E-state index in [4.69, 9.17) is 4.74 Å². The summed E-state index contributed by atoms with van der Waals surface area (Å²) in [4.78, 5) is 11.5. The first-order valence-electron chi connectivity index (χ1n) is 10.2. The fraction of sp³-hybridized carbons (Fsp3) is 0.222. The van der Waals surface area contributed by atoms with Crippen LogP contribution in [0.4, 0.5) is 0 Å². The number of aliphatic hydroxyl groups is 1. The summed E-state index contributed by atoms with van der Waals surface area (Å²) in [6.45, 7) is 7.69. The average molecular weight is 401 g/mol. The lowest BCUT2D eigenvalue weighted by Crippen LogP contribution is -2.07. The highest BCUT2D eigenvalue weighted by atomic mass is 16.5. The quantitative estimate of drug-likeness (QED) is 0.292. The van der Waals surface area contributed by atoms with Gasteiger partial charge < -0.3 is 9.84 Å². The van der Waals surface area contributed by atoms with Gasteiger partial charge in [-0.3, -0.25) is 0 Å². The molecule has 0 saturated carbocycles. The Bertz CT molecular complexity index is 1040. The molecular formula is C27H28O3. The maximum absolute atomic E-state index is 11.5. The lowest BCUT2D eigenvalue weighted by molar-refractivity contribution is -0.139. The number of esters is 1. The molecule has 0 aliphatic carbocycles. The van der Waals surface area contributed by atoms with E-state index in [1.807, 2.05) is 24.3 Å². The van der Waals surface area contributed by atoms with Crippen LogP contribution in [-0.4, -0.2) is 17.7 Å². The van der Waals surface area contributed by atoms with Crippen LogP contribution in [0, 0.1) is 6.92 Å². The highest BCUT2D eigenvalue weighted by molar-refractivity contribution is 5.86. The molecule has 3 rings (SSSR count). The van der Waals surface area contributed by atoms with Crippen molar-refractivity contribution in [2.75, 3.05) is 6.61 Å². The van der Waals surface area contributed by atoms with Gasteiger partial charge in [-0.2, -0.15) is 0 Å². The lowest BCUT2D eigenvalue weighted by atomic mass is 9.92. The first-order chi connectivity index (χ1) is 14.5. The SMILES string of the molecule is C=C(C)C(=O)OCCCc1cc(-c2ccc(-c3ccccc3)cc2C)ccc1CO. The minimum Gasteiger partial charge on any atom is -0.462 e. The monoisotopic (exact) mass is 400 g/mol. The van der Waals surface area contributed by atoms with Gasteiger partial charge >= 0.3 is 5.97 Å². The van der Waals surface area contributed by atoms with Gasteiger partial charge in [-0.15, -0.1) is 0 Å². The van der Waals surface area contributed by atoms with Gasteiger partial charge in [-0.25, -0.2) is 4.79 Å². The van der Waals surface area contributed by atoms with Crippen molar-refractivity contribution in [2.45, 2.75) is 33.3 Å². The number of benzene rings is 3. The molecule has 0 bridgehead atoms. The minimum absolute atomic E-state index is 0.00685. The van der Waals surface area contributed by atoms with Crippen LogP contribution in [0.1, 0.15) is 30.0 Å². The molecule has 0 aliphatic heterocycles. The summed E-state index contributed by atoms with van der Waals surface area (Å²) in [6, 6.07) is 23.0. The summed E-state index contributed by atoms with van der Waals surface area (Å²) in [7, 11) is 0. The van der Waals surface area contributed by atoms with Crippen LogP contribution in [0.15, 0.2) is 78.9 Å². The predicted molar refractivity (Wildman–Crippen MR) is 122 cm³/mol. The number of aryl methyl sites for hydroxylation is 2. The number of carbonyl (C=O) groups excluding carboxylic acids is 1. The standard InChI is InChI=1S/C27H28O3/c1-19(2)27(29)30-15-7-10-22-17-24(11-12-25(22)18-28)26-14-13-23(16-20(26)3)21-8-5-4-6-9-21/h4-6,8-9,11-14,16-17,28H,1,7,10,15,18H2,2-3H3. The normalized spacial score (nSPS) is 10.6. The fourth-order valence-electron chi connectivity index (χ4n) is 3.53. The summed E-state index contributed by atoms with van der Waals surface area (Å²) in [5, 5.41) is 9.72. The number of hydrogen-bond acceptors (Lipinski definition) is 3. The Morgan fingerprint density at radius 1 is 0.933 bits per heavy atom. The summed E-state index contributed by atoms with van der Waals surface area (Å²) in [5.41, 5.74) is 8.29. The van der Waals surface area contributed by atoms with E-state index in [9.17, 15) is 9.90 Å². The number of hydrogen-bond donors (Lipinski definition) is 1. The molecule has 0 atom stereocenters. The molecule has 0 aliphatic rings. The van der Waals surface area contributed by atoms with Crippen LogP contribution >= 0.6 is 0 Å². The van der Waals surface area contributed by atoms with Crippen LogP contribution < -0.4 is 0 Å². The highest BCUT2D eigenvalue weighted by Crippen LogP contribution is 2.30. The Labute approximate surface area is 178 Å². The molecule has 0 radical (unpaired) electrons. The molecule has 3 nitrogen and oxygen atoms in total. The molecule has 0 saturated heterocycles. The van der Waals surface area contributed by atoms with Crippen LogP contribution in [0.3, 0.4) is 0 Å². The smallest absolute Gasteiger partial charge is 0.333 e. The van der Waals surface area contributed by atoms with Crippen molar-refractivity contribution in [1.82, 2.24) is 0 Å². The van der Waals surface area contributed by atoms with Gasteiger partial charge in [0.1, 0.15) is 0 Å². The second-order valence-electron chi connectivity index (χ2n) is 7.56. The van der Waals surface area contributed by atoms with Crippen molar-refractivity contribution in [3.8, 4) is 22.3 Å². The van der Waals surface area contributed by atoms with Gasteiger partial charge in [0.15, 0.2) is 0 Å². The van der Waals surface area contributed by atoms with Crippen molar-refractivity contribution in [2.24, 2.45) is 0 Å². The van der Waals surface area contributed by atoms with Crippen molar-refractivity contribution in [3.05, 3.63) is 95.6 Å². The van der Waals surface area contributed by atoms with Crippen LogP contribution in [0.5, 0.6) is 0 Å². The van der Waals surface area contributed by atoms with Crippen LogP contribution in [0.2, 0.25) is 0 Å². The van der Waals surface area contributed by atoms with Gasteiger partial charge in [0.25, 0.3) is 0 Å². The Kier molecular flexibility index (Phi) is 7.21. The third kappa shape index (κ3) is 5.25. The van der Waals surface area contributed by atoms with E-state index in [2.05, 4.69) is 56.0 Å². The Morgan fingerprint density at radius 3 is 2.33 bits per heavy atom. The molecular weight excluding hydrogens is 372 g/mol. The molecule has 0 fully saturated rings. The molecule has 3 aromatic carbocycles. The van der Waals surface area contributed by atoms with Gasteiger partial charge in [0.2, 0.25) is 0 Å². The molecule has 0 amide bonds. The van der Waals surface area contributed by atoms with E-state index < -0.39 is 0 Å².